The van der Waals surface area contributed by atoms with E-state index in [1.807, 2.05) is 0 Å². The lowest BCUT2D eigenvalue weighted by molar-refractivity contribution is -0.385. The highest BCUT2D eigenvalue weighted by Crippen LogP contribution is 2.29. The van der Waals surface area contributed by atoms with Crippen LogP contribution in [0.1, 0.15) is 34.5 Å². The first-order valence-corrected chi connectivity index (χ1v) is 8.31. The Labute approximate surface area is 161 Å². The Morgan fingerprint density at radius 2 is 1.89 bits per heavy atom. The summed E-state index contributed by atoms with van der Waals surface area (Å²) < 4.78 is 10.2. The van der Waals surface area contributed by atoms with Crippen molar-refractivity contribution in [3.8, 4) is 11.5 Å². The van der Waals surface area contributed by atoms with Gasteiger partial charge in [-0.1, -0.05) is 12.1 Å². The van der Waals surface area contributed by atoms with Gasteiger partial charge in [-0.2, -0.15) is 0 Å². The van der Waals surface area contributed by atoms with E-state index < -0.39 is 29.4 Å². The summed E-state index contributed by atoms with van der Waals surface area (Å²) in [6.07, 6.45) is 0. The van der Waals surface area contributed by atoms with Crippen molar-refractivity contribution in [3.05, 3.63) is 63.2 Å². The van der Waals surface area contributed by atoms with Gasteiger partial charge in [-0.05, 0) is 37.6 Å². The molecule has 1 unspecified atom stereocenters. The fourth-order valence-electron chi connectivity index (χ4n) is 2.57. The van der Waals surface area contributed by atoms with Gasteiger partial charge in [-0.3, -0.25) is 14.9 Å². The van der Waals surface area contributed by atoms with Gasteiger partial charge < -0.3 is 19.9 Å². The third-order valence-electron chi connectivity index (χ3n) is 4.10. The molecule has 9 heteroatoms. The van der Waals surface area contributed by atoms with E-state index in [-0.39, 0.29) is 17.0 Å². The molecule has 0 fully saturated rings. The van der Waals surface area contributed by atoms with Crippen LogP contribution >= 0.6 is 0 Å². The second-order valence-electron chi connectivity index (χ2n) is 6.03. The predicted molar refractivity (Wildman–Crippen MR) is 99.8 cm³/mol. The number of nitro benzene ring substituents is 1. The third kappa shape index (κ3) is 4.97. The van der Waals surface area contributed by atoms with Crippen LogP contribution in [0.4, 0.5) is 5.69 Å². The van der Waals surface area contributed by atoms with Gasteiger partial charge in [-0.25, -0.2) is 4.79 Å². The number of nitro groups is 1. The van der Waals surface area contributed by atoms with Crippen LogP contribution in [0.25, 0.3) is 0 Å². The molecule has 0 radical (unpaired) electrons. The van der Waals surface area contributed by atoms with Gasteiger partial charge in [0.2, 0.25) is 0 Å². The summed E-state index contributed by atoms with van der Waals surface area (Å²) in [5.41, 5.74) is 1.01. The number of benzene rings is 2. The highest BCUT2D eigenvalue weighted by molar-refractivity contribution is 5.95. The van der Waals surface area contributed by atoms with Crippen LogP contribution in [0.5, 0.6) is 11.5 Å². The van der Waals surface area contributed by atoms with Gasteiger partial charge >= 0.3 is 5.97 Å². The minimum Gasteiger partial charge on any atom is -0.496 e. The quantitative estimate of drug-likeness (QED) is 0.525. The first kappa shape index (κ1) is 20.7. The van der Waals surface area contributed by atoms with Gasteiger partial charge in [0.05, 0.1) is 23.6 Å². The van der Waals surface area contributed by atoms with Gasteiger partial charge in [0.15, 0.2) is 6.61 Å². The van der Waals surface area contributed by atoms with Crippen LogP contribution in [0.3, 0.4) is 0 Å². The monoisotopic (exact) mass is 388 g/mol. The summed E-state index contributed by atoms with van der Waals surface area (Å²) in [7, 11) is 1.38. The summed E-state index contributed by atoms with van der Waals surface area (Å²) in [4.78, 5) is 33.7. The average molecular weight is 388 g/mol. The number of carbonyl (C=O) groups is 2. The number of methoxy groups -OCH3 is 1. The molecule has 2 aromatic carbocycles. The Morgan fingerprint density at radius 1 is 1.25 bits per heavy atom. The van der Waals surface area contributed by atoms with Crippen LogP contribution in [-0.2, 0) is 4.79 Å². The van der Waals surface area contributed by atoms with Crippen LogP contribution in [0.15, 0.2) is 36.4 Å². The number of aliphatic carboxylic acids is 1. The molecular formula is C19H20N2O7. The maximum absolute atomic E-state index is 12.5. The Balaban J connectivity index is 2.15. The number of hydrogen-bond donors (Lipinski definition) is 2. The SMILES string of the molecule is COc1cc(C(=O)NC(C)c2ccc(OCC(=O)O)cc2)cc([N+](=O)[O-])c1C. The summed E-state index contributed by atoms with van der Waals surface area (Å²) in [5, 5.41) is 22.6. The predicted octanol–water partition coefficient (Wildman–Crippen LogP) is 2.87. The van der Waals surface area contributed by atoms with E-state index in [2.05, 4.69) is 5.32 Å². The summed E-state index contributed by atoms with van der Waals surface area (Å²) in [6, 6.07) is 8.85. The Hall–Kier alpha value is -3.62. The average Bonchev–Trinajstić information content (AvgIpc) is 2.66. The van der Waals surface area contributed by atoms with E-state index in [0.717, 1.165) is 5.56 Å². The second-order valence-corrected chi connectivity index (χ2v) is 6.03. The molecule has 0 heterocycles. The standard InChI is InChI=1S/C19H20N2O7/c1-11-16(21(25)26)8-14(9-17(11)27-3)19(24)20-12(2)13-4-6-15(7-5-13)28-10-18(22)23/h4-9,12H,10H2,1-3H3,(H,20,24)(H,22,23). The molecular weight excluding hydrogens is 368 g/mol. The van der Waals surface area contributed by atoms with E-state index in [0.29, 0.717) is 11.3 Å². The molecule has 1 amide bonds. The van der Waals surface area contributed by atoms with Crippen molar-refractivity contribution in [1.82, 2.24) is 5.32 Å². The van der Waals surface area contributed by atoms with E-state index in [1.165, 1.54) is 19.2 Å². The zero-order valence-electron chi connectivity index (χ0n) is 15.6. The summed E-state index contributed by atoms with van der Waals surface area (Å²) in [6.45, 7) is 2.86. The largest absolute Gasteiger partial charge is 0.496 e. The number of nitrogens with one attached hydrogen (secondary N) is 1. The molecule has 28 heavy (non-hydrogen) atoms. The second kappa shape index (κ2) is 8.85. The van der Waals surface area contributed by atoms with Crippen LogP contribution in [-0.4, -0.2) is 35.6 Å². The topological polar surface area (TPSA) is 128 Å². The Bertz CT molecular complexity index is 894. The van der Waals surface area contributed by atoms with Gasteiger partial charge in [-0.15, -0.1) is 0 Å². The van der Waals surface area contributed by atoms with Gasteiger partial charge in [0.1, 0.15) is 11.5 Å². The van der Waals surface area contributed by atoms with Crippen molar-refractivity contribution in [2.24, 2.45) is 0 Å². The van der Waals surface area contributed by atoms with Gasteiger partial charge in [0.25, 0.3) is 11.6 Å². The van der Waals surface area contributed by atoms with Crippen LogP contribution in [0.2, 0.25) is 0 Å². The molecule has 9 nitrogen and oxygen atoms in total. The van der Waals surface area contributed by atoms with Crippen LogP contribution < -0.4 is 14.8 Å². The molecule has 0 bridgehead atoms. The number of ether oxygens (including phenoxy) is 2. The van der Waals surface area contributed by atoms with Crippen molar-refractivity contribution >= 4 is 17.6 Å². The van der Waals surface area contributed by atoms with E-state index >= 15 is 0 Å². The molecule has 148 valence electrons. The minimum atomic E-state index is -1.08. The normalized spacial score (nSPS) is 11.4. The van der Waals surface area contributed by atoms with Gasteiger partial charge in [0, 0.05) is 11.6 Å². The number of carboxylic acids is 1. The molecule has 2 aromatic rings. The fourth-order valence-corrected chi connectivity index (χ4v) is 2.57. The third-order valence-corrected chi connectivity index (χ3v) is 4.10. The Morgan fingerprint density at radius 3 is 2.43 bits per heavy atom. The first-order valence-electron chi connectivity index (χ1n) is 8.31. The molecule has 0 spiro atoms. The van der Waals surface area contributed by atoms with Crippen molar-refractivity contribution in [3.63, 3.8) is 0 Å². The smallest absolute Gasteiger partial charge is 0.341 e. The highest BCUT2D eigenvalue weighted by atomic mass is 16.6. The molecule has 1 atom stereocenters. The Kier molecular flexibility index (Phi) is 6.54. The minimum absolute atomic E-state index is 0.113. The molecule has 2 N–H and O–H groups in total. The lowest BCUT2D eigenvalue weighted by atomic mass is 10.1. The molecule has 2 rings (SSSR count). The summed E-state index contributed by atoms with van der Waals surface area (Å²) in [5.74, 6) is -0.914. The molecule has 0 aromatic heterocycles. The number of nitrogens with zero attached hydrogens (tertiary/aromatic N) is 1. The summed E-state index contributed by atoms with van der Waals surface area (Å²) >= 11 is 0. The first-order chi connectivity index (χ1) is 13.2. The van der Waals surface area contributed by atoms with Crippen molar-refractivity contribution in [2.75, 3.05) is 13.7 Å². The maximum Gasteiger partial charge on any atom is 0.341 e. The van der Waals surface area contributed by atoms with E-state index in [1.54, 1.807) is 38.1 Å². The number of carboxylic acid groups (broad SMARTS) is 1. The number of hydrogen-bond acceptors (Lipinski definition) is 6. The number of rotatable bonds is 8. The number of amides is 1. The highest BCUT2D eigenvalue weighted by Gasteiger charge is 2.21. The lowest BCUT2D eigenvalue weighted by Crippen LogP contribution is -2.26. The fraction of sp³-hybridized carbons (Fsp3) is 0.263. The maximum atomic E-state index is 12.5. The van der Waals surface area contributed by atoms with Crippen molar-refractivity contribution in [2.45, 2.75) is 19.9 Å². The molecule has 0 aliphatic carbocycles. The molecule has 0 saturated heterocycles. The zero-order chi connectivity index (χ0) is 20.8. The van der Waals surface area contributed by atoms with Crippen LogP contribution in [0, 0.1) is 17.0 Å². The van der Waals surface area contributed by atoms with Crippen molar-refractivity contribution in [1.29, 1.82) is 0 Å². The molecule has 0 saturated carbocycles. The van der Waals surface area contributed by atoms with E-state index in [4.69, 9.17) is 14.6 Å². The lowest BCUT2D eigenvalue weighted by Gasteiger charge is -2.16. The zero-order valence-corrected chi connectivity index (χ0v) is 15.6. The number of carbonyl (C=O) groups excluding carboxylic acids is 1. The van der Waals surface area contributed by atoms with Crippen molar-refractivity contribution < 1.29 is 29.1 Å². The molecule has 0 aliphatic heterocycles. The molecule has 0 aliphatic rings. The van der Waals surface area contributed by atoms with E-state index in [9.17, 15) is 19.7 Å².